The fourth-order valence-corrected chi connectivity index (χ4v) is 2.33. The maximum Gasteiger partial charge on any atom is 0.404 e. The lowest BCUT2D eigenvalue weighted by Gasteiger charge is -2.53. The first-order valence-electron chi connectivity index (χ1n) is 4.06. The first-order chi connectivity index (χ1) is 5.20. The van der Waals surface area contributed by atoms with E-state index in [0.717, 1.165) is 12.8 Å². The SMILES string of the molecule is O=C(Cl)OC1CC2(CCC2)C1. The molecule has 0 N–H and O–H groups in total. The van der Waals surface area contributed by atoms with E-state index >= 15 is 0 Å². The highest BCUT2D eigenvalue weighted by Crippen LogP contribution is 2.56. The molecule has 3 heteroatoms. The van der Waals surface area contributed by atoms with Crippen LogP contribution in [0.5, 0.6) is 0 Å². The van der Waals surface area contributed by atoms with Crippen molar-refractivity contribution in [2.45, 2.75) is 38.2 Å². The van der Waals surface area contributed by atoms with Crippen LogP contribution >= 0.6 is 11.6 Å². The van der Waals surface area contributed by atoms with Gasteiger partial charge in [-0.25, -0.2) is 4.79 Å². The summed E-state index contributed by atoms with van der Waals surface area (Å²) < 4.78 is 4.84. The monoisotopic (exact) mass is 174 g/mol. The van der Waals surface area contributed by atoms with Gasteiger partial charge in [0.1, 0.15) is 6.10 Å². The Bertz CT molecular complexity index is 179. The van der Waals surface area contributed by atoms with Crippen LogP contribution in [0.15, 0.2) is 0 Å². The molecule has 0 saturated heterocycles. The van der Waals surface area contributed by atoms with Gasteiger partial charge in [0.25, 0.3) is 0 Å². The molecule has 2 aliphatic carbocycles. The molecular weight excluding hydrogens is 164 g/mol. The van der Waals surface area contributed by atoms with Crippen LogP contribution < -0.4 is 0 Å². The molecule has 0 radical (unpaired) electrons. The van der Waals surface area contributed by atoms with E-state index in [4.69, 9.17) is 16.3 Å². The van der Waals surface area contributed by atoms with Crippen molar-refractivity contribution < 1.29 is 9.53 Å². The van der Waals surface area contributed by atoms with Gasteiger partial charge in [0, 0.05) is 11.6 Å². The maximum atomic E-state index is 10.3. The fraction of sp³-hybridized carbons (Fsp3) is 0.875. The van der Waals surface area contributed by atoms with Gasteiger partial charge in [0.05, 0.1) is 0 Å². The van der Waals surface area contributed by atoms with Crippen LogP contribution in [0.4, 0.5) is 4.79 Å². The summed E-state index contributed by atoms with van der Waals surface area (Å²) in [7, 11) is 0. The minimum atomic E-state index is -0.649. The number of halogens is 1. The first-order valence-corrected chi connectivity index (χ1v) is 4.44. The third-order valence-corrected chi connectivity index (χ3v) is 3.08. The van der Waals surface area contributed by atoms with Crippen LogP contribution in [0.3, 0.4) is 0 Å². The predicted molar refractivity (Wildman–Crippen MR) is 41.6 cm³/mol. The number of ether oxygens (including phenoxy) is 1. The Hall–Kier alpha value is -0.240. The van der Waals surface area contributed by atoms with Gasteiger partial charge >= 0.3 is 5.43 Å². The zero-order valence-corrected chi connectivity index (χ0v) is 7.06. The second-order valence-corrected chi connectivity index (χ2v) is 4.05. The Morgan fingerprint density at radius 2 is 2.09 bits per heavy atom. The van der Waals surface area contributed by atoms with Gasteiger partial charge in [-0.1, -0.05) is 6.42 Å². The number of carbonyl (C=O) groups is 1. The molecule has 2 fully saturated rings. The third-order valence-electron chi connectivity index (χ3n) is 2.99. The predicted octanol–water partition coefficient (Wildman–Crippen LogP) is 2.69. The van der Waals surface area contributed by atoms with Crippen molar-refractivity contribution in [1.29, 1.82) is 0 Å². The van der Waals surface area contributed by atoms with Crippen molar-refractivity contribution in [3.8, 4) is 0 Å². The summed E-state index contributed by atoms with van der Waals surface area (Å²) in [6, 6.07) is 0. The maximum absolute atomic E-state index is 10.3. The second kappa shape index (κ2) is 2.37. The van der Waals surface area contributed by atoms with Crippen LogP contribution in [0.1, 0.15) is 32.1 Å². The van der Waals surface area contributed by atoms with Crippen LogP contribution in [-0.4, -0.2) is 11.5 Å². The Balaban J connectivity index is 1.75. The van der Waals surface area contributed by atoms with Crippen LogP contribution in [0.2, 0.25) is 0 Å². The van der Waals surface area contributed by atoms with E-state index in [0.29, 0.717) is 5.41 Å². The van der Waals surface area contributed by atoms with Gasteiger partial charge in [0.15, 0.2) is 0 Å². The minimum Gasteiger partial charge on any atom is -0.450 e. The molecule has 0 aliphatic heterocycles. The van der Waals surface area contributed by atoms with E-state index in [1.165, 1.54) is 19.3 Å². The van der Waals surface area contributed by atoms with Crippen molar-refractivity contribution in [3.05, 3.63) is 0 Å². The quantitative estimate of drug-likeness (QED) is 0.572. The molecule has 0 aromatic heterocycles. The van der Waals surface area contributed by atoms with Gasteiger partial charge in [0.2, 0.25) is 0 Å². The lowest BCUT2D eigenvalue weighted by Crippen LogP contribution is -2.47. The molecule has 2 aliphatic rings. The largest absolute Gasteiger partial charge is 0.450 e. The summed E-state index contributed by atoms with van der Waals surface area (Å²) >= 11 is 5.08. The summed E-state index contributed by atoms with van der Waals surface area (Å²) in [6.45, 7) is 0. The van der Waals surface area contributed by atoms with Crippen molar-refractivity contribution >= 4 is 17.0 Å². The average molecular weight is 175 g/mol. The molecule has 2 saturated carbocycles. The summed E-state index contributed by atoms with van der Waals surface area (Å²) in [5, 5.41) is 0. The Morgan fingerprint density at radius 3 is 2.45 bits per heavy atom. The van der Waals surface area contributed by atoms with E-state index < -0.39 is 5.43 Å². The Morgan fingerprint density at radius 1 is 1.45 bits per heavy atom. The number of carbonyl (C=O) groups excluding carboxylic acids is 1. The molecule has 2 rings (SSSR count). The summed E-state index contributed by atoms with van der Waals surface area (Å²) in [6.07, 6.45) is 6.21. The van der Waals surface area contributed by atoms with E-state index in [-0.39, 0.29) is 6.10 Å². The molecule has 0 heterocycles. The second-order valence-electron chi connectivity index (χ2n) is 3.74. The molecule has 62 valence electrons. The van der Waals surface area contributed by atoms with E-state index in [1.54, 1.807) is 0 Å². The highest BCUT2D eigenvalue weighted by molar-refractivity contribution is 6.61. The zero-order valence-electron chi connectivity index (χ0n) is 6.31. The van der Waals surface area contributed by atoms with E-state index in [2.05, 4.69) is 0 Å². The zero-order chi connectivity index (χ0) is 7.90. The van der Waals surface area contributed by atoms with Gasteiger partial charge in [-0.2, -0.15) is 0 Å². The van der Waals surface area contributed by atoms with Crippen LogP contribution in [0.25, 0.3) is 0 Å². The molecule has 0 bridgehead atoms. The highest BCUT2D eigenvalue weighted by atomic mass is 35.5. The van der Waals surface area contributed by atoms with Gasteiger partial charge < -0.3 is 4.74 Å². The summed E-state index contributed by atoms with van der Waals surface area (Å²) in [5.74, 6) is 0. The molecule has 0 atom stereocenters. The molecule has 1 spiro atoms. The molecular formula is C8H11ClO2. The van der Waals surface area contributed by atoms with Crippen molar-refractivity contribution in [2.75, 3.05) is 0 Å². The standard InChI is InChI=1S/C8H11ClO2/c9-7(10)11-6-4-8(5-6)2-1-3-8/h6H,1-5H2. The van der Waals surface area contributed by atoms with Crippen LogP contribution in [0, 0.1) is 5.41 Å². The normalized spacial score (nSPS) is 27.4. The van der Waals surface area contributed by atoms with E-state index in [1.807, 2.05) is 0 Å². The Kier molecular flexibility index (Phi) is 1.60. The van der Waals surface area contributed by atoms with Gasteiger partial charge in [-0.05, 0) is 31.1 Å². The summed E-state index contributed by atoms with van der Waals surface area (Å²) in [5.41, 5.74) is -0.0824. The number of hydrogen-bond acceptors (Lipinski definition) is 2. The lowest BCUT2D eigenvalue weighted by molar-refractivity contribution is -0.0805. The smallest absolute Gasteiger partial charge is 0.404 e. The molecule has 11 heavy (non-hydrogen) atoms. The first kappa shape index (κ1) is 7.41. The molecule has 0 amide bonds. The van der Waals surface area contributed by atoms with E-state index in [9.17, 15) is 4.79 Å². The fourth-order valence-electron chi connectivity index (χ4n) is 2.21. The van der Waals surface area contributed by atoms with Crippen molar-refractivity contribution in [3.63, 3.8) is 0 Å². The molecule has 0 aromatic rings. The summed E-state index contributed by atoms with van der Waals surface area (Å²) in [4.78, 5) is 10.3. The highest BCUT2D eigenvalue weighted by Gasteiger charge is 2.49. The third kappa shape index (κ3) is 1.24. The molecule has 0 unspecified atom stereocenters. The molecule has 0 aromatic carbocycles. The van der Waals surface area contributed by atoms with Crippen molar-refractivity contribution in [1.82, 2.24) is 0 Å². The molecule has 2 nitrogen and oxygen atoms in total. The topological polar surface area (TPSA) is 26.3 Å². The van der Waals surface area contributed by atoms with Crippen LogP contribution in [-0.2, 0) is 4.74 Å². The number of rotatable bonds is 1. The Labute approximate surface area is 70.9 Å². The van der Waals surface area contributed by atoms with Gasteiger partial charge in [-0.15, -0.1) is 0 Å². The van der Waals surface area contributed by atoms with Crippen molar-refractivity contribution in [2.24, 2.45) is 5.41 Å². The lowest BCUT2D eigenvalue weighted by atomic mass is 9.55. The van der Waals surface area contributed by atoms with Gasteiger partial charge in [-0.3, -0.25) is 0 Å². The average Bonchev–Trinajstić information content (AvgIpc) is 1.71. The number of hydrogen-bond donors (Lipinski definition) is 0. The minimum absolute atomic E-state index is 0.125.